The van der Waals surface area contributed by atoms with E-state index < -0.39 is 46.9 Å². The number of nitrogens with one attached hydrogen (secondary N) is 1. The molecule has 0 spiro atoms. The van der Waals surface area contributed by atoms with Gasteiger partial charge in [-0.1, -0.05) is 12.1 Å². The van der Waals surface area contributed by atoms with Crippen molar-refractivity contribution in [3.05, 3.63) is 51.9 Å². The van der Waals surface area contributed by atoms with Crippen molar-refractivity contribution in [3.63, 3.8) is 0 Å². The zero-order valence-corrected chi connectivity index (χ0v) is 14.9. The number of benzene rings is 1. The van der Waals surface area contributed by atoms with E-state index in [1.807, 2.05) is 0 Å². The summed E-state index contributed by atoms with van der Waals surface area (Å²) in [5.74, 6) is -0.802. The summed E-state index contributed by atoms with van der Waals surface area (Å²) in [5.41, 5.74) is 1.67. The zero-order chi connectivity index (χ0) is 21.2. The fourth-order valence-corrected chi connectivity index (χ4v) is 2.77. The Kier molecular flexibility index (Phi) is 5.91. The van der Waals surface area contributed by atoms with E-state index in [0.29, 0.717) is 5.75 Å². The average Bonchev–Trinajstić information content (AvgIpc) is 2.66. The predicted molar refractivity (Wildman–Crippen MR) is 93.2 cm³/mol. The van der Waals surface area contributed by atoms with Gasteiger partial charge >= 0.3 is 6.18 Å². The number of aliphatic hydroxyl groups is 1. The van der Waals surface area contributed by atoms with Gasteiger partial charge in [0.2, 0.25) is 0 Å². The zero-order valence-electron chi connectivity index (χ0n) is 14.9. The Morgan fingerprint density at radius 2 is 1.97 bits per heavy atom. The molecule has 1 saturated heterocycles. The molecule has 0 saturated carbocycles. The summed E-state index contributed by atoms with van der Waals surface area (Å²) in [6, 6.07) is 6.34. The van der Waals surface area contributed by atoms with Crippen LogP contribution in [-0.2, 0) is 15.7 Å². The van der Waals surface area contributed by atoms with Crippen LogP contribution in [0.1, 0.15) is 16.1 Å². The molecule has 3 rings (SSSR count). The number of carbonyl (C=O) groups excluding carboxylic acids is 1. The number of aliphatic hydroxyl groups excluding tert-OH is 1. The van der Waals surface area contributed by atoms with Crippen molar-refractivity contribution in [1.82, 2.24) is 4.98 Å². The highest BCUT2D eigenvalue weighted by Gasteiger charge is 2.36. The molecular weight excluding hydrogens is 397 g/mol. The Balaban J connectivity index is 1.84. The molecule has 1 aliphatic rings. The molecule has 2 aromatic rings. The van der Waals surface area contributed by atoms with Crippen molar-refractivity contribution in [2.75, 3.05) is 19.8 Å². The maximum atomic E-state index is 13.3. The highest BCUT2D eigenvalue weighted by Crippen LogP contribution is 2.35. The molecule has 2 heterocycles. The second-order valence-corrected chi connectivity index (χ2v) is 6.25. The number of primary amides is 1. The van der Waals surface area contributed by atoms with Gasteiger partial charge in [-0.2, -0.15) is 13.2 Å². The van der Waals surface area contributed by atoms with Gasteiger partial charge in [0.05, 0.1) is 13.2 Å². The number of pyridine rings is 1. The summed E-state index contributed by atoms with van der Waals surface area (Å²) in [5, 5.41) is 9.36. The highest BCUT2D eigenvalue weighted by molar-refractivity contribution is 5.93. The number of amides is 1. The minimum absolute atomic E-state index is 0.0642. The minimum atomic E-state index is -4.85. The number of rotatable bonds is 5. The molecule has 156 valence electrons. The fourth-order valence-electron chi connectivity index (χ4n) is 2.77. The summed E-state index contributed by atoms with van der Waals surface area (Å²) < 4.78 is 55.8. The summed E-state index contributed by atoms with van der Waals surface area (Å²) in [6.07, 6.45) is -6.38. The van der Waals surface area contributed by atoms with Gasteiger partial charge in [-0.3, -0.25) is 9.59 Å². The molecule has 1 amide bonds. The lowest BCUT2D eigenvalue weighted by Gasteiger charge is -2.26. The monoisotopic (exact) mass is 414 g/mol. The largest absolute Gasteiger partial charge is 0.491 e. The van der Waals surface area contributed by atoms with Crippen LogP contribution in [0.2, 0.25) is 0 Å². The van der Waals surface area contributed by atoms with E-state index in [-0.39, 0.29) is 25.4 Å². The molecule has 0 unspecified atom stereocenters. The third-order valence-electron chi connectivity index (χ3n) is 4.11. The van der Waals surface area contributed by atoms with E-state index in [9.17, 15) is 27.9 Å². The number of aromatic nitrogens is 1. The number of nitrogens with two attached hydrogens (primary N) is 1. The van der Waals surface area contributed by atoms with Crippen LogP contribution in [0, 0.1) is 0 Å². The van der Waals surface area contributed by atoms with E-state index in [0.717, 1.165) is 6.07 Å². The van der Waals surface area contributed by atoms with Crippen LogP contribution in [0.25, 0.3) is 11.1 Å². The van der Waals surface area contributed by atoms with E-state index in [4.69, 9.17) is 19.9 Å². The molecule has 29 heavy (non-hydrogen) atoms. The van der Waals surface area contributed by atoms with Gasteiger partial charge in [-0.15, -0.1) is 0 Å². The maximum absolute atomic E-state index is 13.3. The van der Waals surface area contributed by atoms with E-state index in [1.165, 1.54) is 24.3 Å². The first-order chi connectivity index (χ1) is 13.6. The van der Waals surface area contributed by atoms with Crippen molar-refractivity contribution in [2.45, 2.75) is 18.6 Å². The molecule has 0 aliphatic carbocycles. The van der Waals surface area contributed by atoms with E-state index >= 15 is 0 Å². The number of H-pyrrole nitrogens is 1. The molecule has 0 bridgehead atoms. The number of hydrogen-bond acceptors (Lipinski definition) is 6. The molecule has 8 nitrogen and oxygen atoms in total. The summed E-state index contributed by atoms with van der Waals surface area (Å²) in [4.78, 5) is 24.7. The quantitative estimate of drug-likeness (QED) is 0.677. The molecule has 4 N–H and O–H groups in total. The fraction of sp³-hybridized carbons (Fsp3) is 0.333. The Morgan fingerprint density at radius 1 is 1.28 bits per heavy atom. The van der Waals surface area contributed by atoms with Crippen molar-refractivity contribution in [2.24, 2.45) is 5.73 Å². The number of hydrogen-bond donors (Lipinski definition) is 3. The lowest BCUT2D eigenvalue weighted by Crippen LogP contribution is -2.39. The molecule has 1 aromatic heterocycles. The highest BCUT2D eigenvalue weighted by atomic mass is 19.4. The summed E-state index contributed by atoms with van der Waals surface area (Å²) >= 11 is 0. The van der Waals surface area contributed by atoms with E-state index in [2.05, 4.69) is 0 Å². The molecular formula is C18H17F3N2O6. The number of carbonyl (C=O) groups is 1. The summed E-state index contributed by atoms with van der Waals surface area (Å²) in [6.45, 7) is 0.366. The Labute approximate surface area is 162 Å². The van der Waals surface area contributed by atoms with Crippen LogP contribution in [0.4, 0.5) is 13.2 Å². The van der Waals surface area contributed by atoms with Crippen molar-refractivity contribution < 1.29 is 37.3 Å². The number of halogens is 3. The van der Waals surface area contributed by atoms with Crippen LogP contribution in [-0.4, -0.2) is 48.2 Å². The molecule has 1 fully saturated rings. The number of aromatic amines is 1. The Hall–Kier alpha value is -2.89. The van der Waals surface area contributed by atoms with Gasteiger partial charge in [0, 0.05) is 5.56 Å². The maximum Gasteiger partial charge on any atom is 0.431 e. The lowest BCUT2D eigenvalue weighted by molar-refractivity contribution is -0.225. The Morgan fingerprint density at radius 3 is 2.55 bits per heavy atom. The van der Waals surface area contributed by atoms with Gasteiger partial charge in [-0.05, 0) is 23.8 Å². The normalized spacial score (nSPS) is 19.7. The van der Waals surface area contributed by atoms with Crippen LogP contribution in [0.15, 0.2) is 35.1 Å². The van der Waals surface area contributed by atoms with Crippen LogP contribution < -0.4 is 16.0 Å². The second-order valence-electron chi connectivity index (χ2n) is 6.25. The third kappa shape index (κ3) is 4.94. The molecule has 1 aliphatic heterocycles. The topological polar surface area (TPSA) is 124 Å². The van der Waals surface area contributed by atoms with Crippen molar-refractivity contribution >= 4 is 5.91 Å². The molecule has 0 radical (unpaired) electrons. The minimum Gasteiger partial charge on any atom is -0.491 e. The molecule has 11 heteroatoms. The second kappa shape index (κ2) is 8.23. The molecule has 1 aromatic carbocycles. The first-order valence-corrected chi connectivity index (χ1v) is 8.44. The Bertz CT molecular complexity index is 942. The van der Waals surface area contributed by atoms with Crippen LogP contribution in [0.5, 0.6) is 5.75 Å². The summed E-state index contributed by atoms with van der Waals surface area (Å²) in [7, 11) is 0. The standard InChI is InChI=1S/C18H17F3N2O6/c19-18(20,21)15-12(5-13(16(22)25)17(26)23-15)9-1-3-10(4-2-9)28-7-11-6-27-8-14(24)29-11/h1-5,11,14,24H,6-8H2,(H2,22,25)(H,23,26)/t11-,14+/m0/s1. The number of alkyl halides is 3. The SMILES string of the molecule is NC(=O)c1cc(-c2ccc(OC[C@@H]3COC[C@H](O)O3)cc2)c(C(F)(F)F)[nH]c1=O. The average molecular weight is 414 g/mol. The van der Waals surface area contributed by atoms with Gasteiger partial charge in [-0.25, -0.2) is 0 Å². The van der Waals surface area contributed by atoms with Gasteiger partial charge in [0.1, 0.15) is 29.7 Å². The van der Waals surface area contributed by atoms with Gasteiger partial charge in [0.25, 0.3) is 11.5 Å². The van der Waals surface area contributed by atoms with Gasteiger partial charge in [0.15, 0.2) is 6.29 Å². The predicted octanol–water partition coefficient (Wildman–Crippen LogP) is 1.27. The first kappa shape index (κ1) is 20.8. The van der Waals surface area contributed by atoms with Crippen molar-refractivity contribution in [1.29, 1.82) is 0 Å². The van der Waals surface area contributed by atoms with Crippen LogP contribution >= 0.6 is 0 Å². The first-order valence-electron chi connectivity index (χ1n) is 8.44. The smallest absolute Gasteiger partial charge is 0.431 e. The van der Waals surface area contributed by atoms with Crippen molar-refractivity contribution in [3.8, 4) is 16.9 Å². The number of ether oxygens (including phenoxy) is 3. The lowest BCUT2D eigenvalue weighted by atomic mass is 10.0. The third-order valence-corrected chi connectivity index (χ3v) is 4.11. The van der Waals surface area contributed by atoms with Gasteiger partial charge < -0.3 is 30.0 Å². The molecule has 2 atom stereocenters. The van der Waals surface area contributed by atoms with Crippen LogP contribution in [0.3, 0.4) is 0 Å². The van der Waals surface area contributed by atoms with E-state index in [1.54, 1.807) is 4.98 Å².